The Balaban J connectivity index is 1.53. The molecule has 1 N–H and O–H groups in total. The largest absolute Gasteiger partial charge is 0.440 e. The van der Waals surface area contributed by atoms with Crippen molar-refractivity contribution in [1.82, 2.24) is 10.3 Å². The van der Waals surface area contributed by atoms with Gasteiger partial charge in [-0.1, -0.05) is 25.0 Å². The summed E-state index contributed by atoms with van der Waals surface area (Å²) in [4.78, 5) is 19.6. The maximum Gasteiger partial charge on any atom is 0.229 e. The quantitative estimate of drug-likeness (QED) is 0.448. The van der Waals surface area contributed by atoms with Crippen molar-refractivity contribution in [1.29, 1.82) is 5.26 Å². The molecule has 39 heavy (non-hydrogen) atoms. The Morgan fingerprint density at radius 3 is 2.51 bits per heavy atom. The fourth-order valence-corrected chi connectivity index (χ4v) is 6.59. The highest BCUT2D eigenvalue weighted by Gasteiger charge is 2.37. The smallest absolute Gasteiger partial charge is 0.229 e. The fourth-order valence-electron chi connectivity index (χ4n) is 5.39. The molecule has 3 aromatic rings. The molecule has 1 saturated heterocycles. The zero-order chi connectivity index (χ0) is 27.6. The number of sulfone groups is 1. The number of carbonyl (C=O) groups is 1. The maximum absolute atomic E-state index is 14.7. The Morgan fingerprint density at radius 1 is 1.10 bits per heavy atom. The van der Waals surface area contributed by atoms with Crippen LogP contribution in [0.1, 0.15) is 37.4 Å². The van der Waals surface area contributed by atoms with Crippen LogP contribution in [-0.4, -0.2) is 50.4 Å². The molecule has 8 nitrogen and oxygen atoms in total. The predicted octanol–water partition coefficient (Wildman–Crippen LogP) is 4.44. The van der Waals surface area contributed by atoms with Crippen molar-refractivity contribution in [3.63, 3.8) is 0 Å². The highest BCUT2D eigenvalue weighted by atomic mass is 32.2. The van der Waals surface area contributed by atoms with Crippen LogP contribution in [0.2, 0.25) is 0 Å². The first-order valence-electron chi connectivity index (χ1n) is 12.9. The van der Waals surface area contributed by atoms with Gasteiger partial charge in [0, 0.05) is 42.2 Å². The van der Waals surface area contributed by atoms with E-state index in [4.69, 9.17) is 9.68 Å². The minimum atomic E-state index is -3.01. The number of hydrogen-bond donors (Lipinski definition) is 1. The number of benzene rings is 2. The number of nitrogens with one attached hydrogen (secondary N) is 1. The molecule has 0 bridgehead atoms. The fraction of sp³-hybridized carbons (Fsp3) is 0.393. The summed E-state index contributed by atoms with van der Waals surface area (Å²) in [6.07, 6.45) is 2.98. The van der Waals surface area contributed by atoms with Crippen LogP contribution in [0.3, 0.4) is 0 Å². The van der Waals surface area contributed by atoms with Gasteiger partial charge in [-0.05, 0) is 37.1 Å². The minimum Gasteiger partial charge on any atom is -0.440 e. The number of halogens is 2. The second kappa shape index (κ2) is 11.1. The first-order valence-corrected chi connectivity index (χ1v) is 14.7. The Hall–Kier alpha value is -3.78. The average molecular weight is 555 g/mol. The minimum absolute atomic E-state index is 0.00966. The van der Waals surface area contributed by atoms with E-state index in [0.717, 1.165) is 30.7 Å². The molecule has 204 valence electrons. The van der Waals surface area contributed by atoms with E-state index in [1.54, 1.807) is 0 Å². The molecule has 2 heterocycles. The summed E-state index contributed by atoms with van der Waals surface area (Å²) >= 11 is 0. The lowest BCUT2D eigenvalue weighted by atomic mass is 9.76. The number of nitrogens with zero attached hydrogens (tertiary/aromatic N) is 3. The molecule has 2 fully saturated rings. The molecule has 0 radical (unpaired) electrons. The number of aromatic nitrogens is 1. The molecule has 1 aliphatic carbocycles. The van der Waals surface area contributed by atoms with Crippen molar-refractivity contribution in [2.75, 3.05) is 36.0 Å². The van der Waals surface area contributed by atoms with Gasteiger partial charge >= 0.3 is 0 Å². The van der Waals surface area contributed by atoms with Gasteiger partial charge in [0.15, 0.2) is 9.84 Å². The van der Waals surface area contributed by atoms with Gasteiger partial charge in [0.05, 0.1) is 23.1 Å². The Morgan fingerprint density at radius 2 is 1.82 bits per heavy atom. The number of anilines is 1. The van der Waals surface area contributed by atoms with E-state index in [0.29, 0.717) is 42.9 Å². The Labute approximate surface area is 225 Å². The topological polar surface area (TPSA) is 116 Å². The van der Waals surface area contributed by atoms with Crippen LogP contribution >= 0.6 is 0 Å². The second-order valence-electron chi connectivity index (χ2n) is 9.92. The molecular formula is C28H28F2N4O4S. The van der Waals surface area contributed by atoms with Crippen molar-refractivity contribution in [3.05, 3.63) is 59.9 Å². The number of amides is 1. The molecule has 2 atom stereocenters. The van der Waals surface area contributed by atoms with E-state index in [-0.39, 0.29) is 41.3 Å². The average Bonchev–Trinajstić information content (AvgIpc) is 3.37. The van der Waals surface area contributed by atoms with Crippen molar-refractivity contribution in [2.45, 2.75) is 31.6 Å². The van der Waals surface area contributed by atoms with Gasteiger partial charge in [0.25, 0.3) is 0 Å². The van der Waals surface area contributed by atoms with Gasteiger partial charge in [-0.3, -0.25) is 4.79 Å². The molecular weight excluding hydrogens is 526 g/mol. The molecule has 1 aliphatic heterocycles. The number of rotatable bonds is 6. The monoisotopic (exact) mass is 554 g/mol. The standard InChI is InChI=1S/C28H28F2N4O4S/c29-19-7-10-23(24(30)17-19)28-33-25(18-5-8-20(9-6-18)34-13-15-39(36,37)16-14-34)26(38-28)21-3-1-2-4-22(21)27(35)32-12-11-31/h5-10,17,21-22H,1-4,12-16H2,(H,32,35). The third-order valence-electron chi connectivity index (χ3n) is 7.45. The third-order valence-corrected chi connectivity index (χ3v) is 9.06. The molecule has 1 saturated carbocycles. The summed E-state index contributed by atoms with van der Waals surface area (Å²) < 4.78 is 58.1. The van der Waals surface area contributed by atoms with E-state index in [2.05, 4.69) is 10.3 Å². The first-order chi connectivity index (χ1) is 18.8. The van der Waals surface area contributed by atoms with Crippen LogP contribution in [0.4, 0.5) is 14.5 Å². The number of nitriles is 1. The van der Waals surface area contributed by atoms with Gasteiger partial charge in [-0.25, -0.2) is 22.2 Å². The summed E-state index contributed by atoms with van der Waals surface area (Å²) in [6, 6.07) is 12.5. The molecule has 11 heteroatoms. The van der Waals surface area contributed by atoms with E-state index in [9.17, 15) is 22.0 Å². The van der Waals surface area contributed by atoms with Crippen LogP contribution in [0.15, 0.2) is 46.9 Å². The molecule has 2 aliphatic rings. The second-order valence-corrected chi connectivity index (χ2v) is 12.2. The molecule has 1 amide bonds. The van der Waals surface area contributed by atoms with E-state index in [1.165, 1.54) is 6.07 Å². The lowest BCUT2D eigenvalue weighted by molar-refractivity contribution is -0.126. The van der Waals surface area contributed by atoms with E-state index >= 15 is 0 Å². The first kappa shape index (κ1) is 26.8. The lowest BCUT2D eigenvalue weighted by Gasteiger charge is -2.29. The Bertz CT molecular complexity index is 1500. The van der Waals surface area contributed by atoms with Crippen LogP contribution in [-0.2, 0) is 14.6 Å². The van der Waals surface area contributed by atoms with Crippen LogP contribution in [0.25, 0.3) is 22.7 Å². The molecule has 2 aromatic carbocycles. The van der Waals surface area contributed by atoms with E-state index < -0.39 is 27.4 Å². The highest BCUT2D eigenvalue weighted by Crippen LogP contribution is 2.44. The molecule has 2 unspecified atom stereocenters. The van der Waals surface area contributed by atoms with Gasteiger partial charge in [0.1, 0.15) is 29.6 Å². The summed E-state index contributed by atoms with van der Waals surface area (Å²) in [5.74, 6) is -1.91. The third kappa shape index (κ3) is 5.81. The van der Waals surface area contributed by atoms with Crippen molar-refractivity contribution < 1.29 is 26.4 Å². The van der Waals surface area contributed by atoms with E-state index in [1.807, 2.05) is 35.2 Å². The van der Waals surface area contributed by atoms with Gasteiger partial charge in [-0.15, -0.1) is 0 Å². The van der Waals surface area contributed by atoms with Crippen LogP contribution < -0.4 is 10.2 Å². The summed E-state index contributed by atoms with van der Waals surface area (Å²) in [6.45, 7) is 0.718. The number of carbonyl (C=O) groups excluding carboxylic acids is 1. The van der Waals surface area contributed by atoms with Gasteiger partial charge < -0.3 is 14.6 Å². The number of oxazole rings is 1. The molecule has 1 aromatic heterocycles. The van der Waals surface area contributed by atoms with Crippen LogP contribution in [0.5, 0.6) is 0 Å². The SMILES string of the molecule is N#CCNC(=O)C1CCCCC1c1oc(-c2ccc(F)cc2F)nc1-c1ccc(N2CCS(=O)(=O)CC2)cc1. The highest BCUT2D eigenvalue weighted by molar-refractivity contribution is 7.91. The number of hydrogen-bond acceptors (Lipinski definition) is 7. The molecule has 0 spiro atoms. The maximum atomic E-state index is 14.7. The lowest BCUT2D eigenvalue weighted by Crippen LogP contribution is -2.40. The summed E-state index contributed by atoms with van der Waals surface area (Å²) in [5.41, 5.74) is 2.04. The zero-order valence-corrected chi connectivity index (χ0v) is 22.0. The van der Waals surface area contributed by atoms with Crippen molar-refractivity contribution in [3.8, 4) is 28.8 Å². The van der Waals surface area contributed by atoms with Gasteiger partial charge in [0.2, 0.25) is 11.8 Å². The van der Waals surface area contributed by atoms with Gasteiger partial charge in [-0.2, -0.15) is 5.26 Å². The predicted molar refractivity (Wildman–Crippen MR) is 141 cm³/mol. The van der Waals surface area contributed by atoms with Crippen LogP contribution in [0, 0.1) is 28.9 Å². The Kier molecular flexibility index (Phi) is 7.66. The van der Waals surface area contributed by atoms with Crippen molar-refractivity contribution in [2.24, 2.45) is 5.92 Å². The summed E-state index contributed by atoms with van der Waals surface area (Å²) in [5, 5.41) is 11.6. The van der Waals surface area contributed by atoms with Crippen molar-refractivity contribution >= 4 is 21.4 Å². The zero-order valence-electron chi connectivity index (χ0n) is 21.2. The normalized spacial score (nSPS) is 20.8. The molecule has 5 rings (SSSR count). The summed E-state index contributed by atoms with van der Waals surface area (Å²) in [7, 11) is -3.01.